The smallest absolute Gasteiger partial charge is 0.102 e. The summed E-state index contributed by atoms with van der Waals surface area (Å²) in [7, 11) is 3.33. The van der Waals surface area contributed by atoms with Gasteiger partial charge in [0.15, 0.2) is 0 Å². The SMILES string of the molecule is COCCN(CCOC)C(C(N)=S)c1cnc[nH]1. The van der Waals surface area contributed by atoms with E-state index in [-0.39, 0.29) is 6.04 Å². The van der Waals surface area contributed by atoms with E-state index in [1.54, 1.807) is 26.7 Å². The third kappa shape index (κ3) is 4.34. The van der Waals surface area contributed by atoms with Gasteiger partial charge < -0.3 is 20.2 Å². The molecule has 1 aromatic rings. The molecule has 0 radical (unpaired) electrons. The van der Waals surface area contributed by atoms with Gasteiger partial charge in [0.25, 0.3) is 0 Å². The first-order chi connectivity index (χ1) is 8.70. The van der Waals surface area contributed by atoms with Crippen molar-refractivity contribution in [2.24, 2.45) is 5.73 Å². The second-order valence-electron chi connectivity index (χ2n) is 3.83. The van der Waals surface area contributed by atoms with Gasteiger partial charge in [-0.05, 0) is 0 Å². The zero-order chi connectivity index (χ0) is 13.4. The number of aromatic nitrogens is 2. The Kier molecular flexibility index (Phi) is 6.81. The third-order valence-electron chi connectivity index (χ3n) is 2.61. The molecule has 0 aliphatic heterocycles. The molecule has 0 aliphatic rings. The van der Waals surface area contributed by atoms with Crippen LogP contribution < -0.4 is 5.73 Å². The Morgan fingerprint density at radius 1 is 1.44 bits per heavy atom. The minimum atomic E-state index is -0.173. The molecular weight excluding hydrogens is 252 g/mol. The van der Waals surface area contributed by atoms with Crippen LogP contribution in [0.5, 0.6) is 0 Å². The van der Waals surface area contributed by atoms with E-state index in [4.69, 9.17) is 27.4 Å². The van der Waals surface area contributed by atoms with Gasteiger partial charge in [-0.2, -0.15) is 0 Å². The second kappa shape index (κ2) is 8.15. The summed E-state index contributed by atoms with van der Waals surface area (Å²) < 4.78 is 10.2. The molecule has 18 heavy (non-hydrogen) atoms. The Balaban J connectivity index is 2.79. The summed E-state index contributed by atoms with van der Waals surface area (Å²) in [4.78, 5) is 9.58. The summed E-state index contributed by atoms with van der Waals surface area (Å²) in [6.07, 6.45) is 3.35. The average Bonchev–Trinajstić information content (AvgIpc) is 2.85. The van der Waals surface area contributed by atoms with Crippen LogP contribution in [-0.2, 0) is 9.47 Å². The lowest BCUT2D eigenvalue weighted by Crippen LogP contribution is -2.40. The highest BCUT2D eigenvalue weighted by molar-refractivity contribution is 7.80. The molecule has 102 valence electrons. The minimum Gasteiger partial charge on any atom is -0.392 e. The van der Waals surface area contributed by atoms with Crippen LogP contribution in [0.3, 0.4) is 0 Å². The van der Waals surface area contributed by atoms with Gasteiger partial charge >= 0.3 is 0 Å². The average molecular weight is 272 g/mol. The van der Waals surface area contributed by atoms with Crippen molar-refractivity contribution in [1.29, 1.82) is 0 Å². The summed E-state index contributed by atoms with van der Waals surface area (Å²) in [5.74, 6) is 0. The third-order valence-corrected chi connectivity index (χ3v) is 2.84. The molecule has 6 nitrogen and oxygen atoms in total. The summed E-state index contributed by atoms with van der Waals surface area (Å²) in [6.45, 7) is 2.66. The first-order valence-corrected chi connectivity index (χ1v) is 6.11. The van der Waals surface area contributed by atoms with E-state index in [9.17, 15) is 0 Å². The number of H-pyrrole nitrogens is 1. The maximum Gasteiger partial charge on any atom is 0.102 e. The standard InChI is InChI=1S/C11H20N4O2S/c1-16-5-3-15(4-6-17-2)10(11(12)18)9-7-13-8-14-9/h7-8,10H,3-6H2,1-2H3,(H2,12,18)(H,13,14). The predicted molar refractivity (Wildman–Crippen MR) is 73.4 cm³/mol. The van der Waals surface area contributed by atoms with Crippen molar-refractivity contribution in [3.05, 3.63) is 18.2 Å². The molecule has 1 rings (SSSR count). The monoisotopic (exact) mass is 272 g/mol. The number of imidazole rings is 1. The van der Waals surface area contributed by atoms with Crippen molar-refractivity contribution in [3.8, 4) is 0 Å². The molecule has 0 fully saturated rings. The Hall–Kier alpha value is -1.02. The van der Waals surface area contributed by atoms with Gasteiger partial charge in [0.1, 0.15) is 6.04 Å². The summed E-state index contributed by atoms with van der Waals surface area (Å²) >= 11 is 5.15. The highest BCUT2D eigenvalue weighted by atomic mass is 32.1. The fourth-order valence-electron chi connectivity index (χ4n) is 1.73. The van der Waals surface area contributed by atoms with Crippen molar-refractivity contribution >= 4 is 17.2 Å². The number of aromatic amines is 1. The van der Waals surface area contributed by atoms with Gasteiger partial charge in [-0.15, -0.1) is 0 Å². The van der Waals surface area contributed by atoms with Crippen molar-refractivity contribution in [2.45, 2.75) is 6.04 Å². The minimum absolute atomic E-state index is 0.173. The zero-order valence-electron chi connectivity index (χ0n) is 10.8. The summed E-state index contributed by atoms with van der Waals surface area (Å²) in [5.41, 5.74) is 6.72. The van der Waals surface area contributed by atoms with E-state index in [1.165, 1.54) is 0 Å². The molecule has 0 aliphatic carbocycles. The van der Waals surface area contributed by atoms with Gasteiger partial charge in [-0.1, -0.05) is 12.2 Å². The quantitative estimate of drug-likeness (QED) is 0.631. The number of hydrogen-bond acceptors (Lipinski definition) is 5. The fraction of sp³-hybridized carbons (Fsp3) is 0.636. The molecule has 1 heterocycles. The van der Waals surface area contributed by atoms with Crippen LogP contribution in [0.25, 0.3) is 0 Å². The van der Waals surface area contributed by atoms with Crippen LogP contribution in [0.15, 0.2) is 12.5 Å². The highest BCUT2D eigenvalue weighted by Gasteiger charge is 2.23. The van der Waals surface area contributed by atoms with Gasteiger partial charge in [0.05, 0.1) is 30.2 Å². The molecular formula is C11H20N4O2S. The lowest BCUT2D eigenvalue weighted by atomic mass is 10.2. The highest BCUT2D eigenvalue weighted by Crippen LogP contribution is 2.18. The second-order valence-corrected chi connectivity index (χ2v) is 4.30. The molecule has 0 amide bonds. The molecule has 1 atom stereocenters. The van der Waals surface area contributed by atoms with E-state index in [0.29, 0.717) is 18.2 Å². The lowest BCUT2D eigenvalue weighted by molar-refractivity contribution is 0.103. The number of nitrogens with one attached hydrogen (secondary N) is 1. The molecule has 1 unspecified atom stereocenters. The van der Waals surface area contributed by atoms with Gasteiger partial charge in [0, 0.05) is 33.5 Å². The maximum absolute atomic E-state index is 5.83. The Bertz CT molecular complexity index is 337. The number of rotatable bonds is 9. The first-order valence-electron chi connectivity index (χ1n) is 5.70. The van der Waals surface area contributed by atoms with E-state index < -0.39 is 0 Å². The topological polar surface area (TPSA) is 76.4 Å². The van der Waals surface area contributed by atoms with E-state index in [2.05, 4.69) is 14.9 Å². The molecule has 0 saturated heterocycles. The van der Waals surface area contributed by atoms with Crippen molar-refractivity contribution < 1.29 is 9.47 Å². The number of nitrogens with two attached hydrogens (primary N) is 1. The Labute approximate surface area is 112 Å². The normalized spacial score (nSPS) is 12.8. The first kappa shape index (κ1) is 15.0. The largest absolute Gasteiger partial charge is 0.392 e. The zero-order valence-corrected chi connectivity index (χ0v) is 11.6. The maximum atomic E-state index is 5.83. The van der Waals surface area contributed by atoms with Gasteiger partial charge in [0.2, 0.25) is 0 Å². The van der Waals surface area contributed by atoms with E-state index >= 15 is 0 Å². The van der Waals surface area contributed by atoms with Crippen LogP contribution >= 0.6 is 12.2 Å². The molecule has 0 spiro atoms. The van der Waals surface area contributed by atoms with Crippen LogP contribution in [-0.4, -0.2) is 60.4 Å². The molecule has 3 N–H and O–H groups in total. The number of hydrogen-bond donors (Lipinski definition) is 2. The number of nitrogens with zero attached hydrogens (tertiary/aromatic N) is 2. The number of methoxy groups -OCH3 is 2. The van der Waals surface area contributed by atoms with Gasteiger partial charge in [-0.25, -0.2) is 4.98 Å². The summed E-state index contributed by atoms with van der Waals surface area (Å²) in [6, 6.07) is -0.173. The van der Waals surface area contributed by atoms with E-state index in [0.717, 1.165) is 18.8 Å². The number of ether oxygens (including phenoxy) is 2. The molecule has 0 aromatic carbocycles. The Morgan fingerprint density at radius 2 is 2.06 bits per heavy atom. The molecule has 7 heteroatoms. The molecule has 0 saturated carbocycles. The lowest BCUT2D eigenvalue weighted by Gasteiger charge is -2.29. The van der Waals surface area contributed by atoms with Crippen LogP contribution in [0, 0.1) is 0 Å². The van der Waals surface area contributed by atoms with Crippen molar-refractivity contribution in [2.75, 3.05) is 40.5 Å². The van der Waals surface area contributed by atoms with Crippen LogP contribution in [0.2, 0.25) is 0 Å². The van der Waals surface area contributed by atoms with Gasteiger partial charge in [-0.3, -0.25) is 4.90 Å². The Morgan fingerprint density at radius 3 is 2.44 bits per heavy atom. The van der Waals surface area contributed by atoms with Crippen LogP contribution in [0.1, 0.15) is 11.7 Å². The fourth-order valence-corrected chi connectivity index (χ4v) is 2.01. The number of thiocarbonyl (C=S) groups is 1. The predicted octanol–water partition coefficient (Wildman–Crippen LogP) is 0.332. The molecule has 1 aromatic heterocycles. The van der Waals surface area contributed by atoms with Crippen LogP contribution in [0.4, 0.5) is 0 Å². The van der Waals surface area contributed by atoms with E-state index in [1.807, 2.05) is 0 Å². The van der Waals surface area contributed by atoms with Crippen molar-refractivity contribution in [1.82, 2.24) is 14.9 Å². The van der Waals surface area contributed by atoms with Crippen molar-refractivity contribution in [3.63, 3.8) is 0 Å². The summed E-state index contributed by atoms with van der Waals surface area (Å²) in [5, 5.41) is 0. The molecule has 0 bridgehead atoms.